The van der Waals surface area contributed by atoms with E-state index in [1.807, 2.05) is 0 Å². The molecule has 0 spiro atoms. The van der Waals surface area contributed by atoms with E-state index in [4.69, 9.17) is 5.11 Å². The Balaban J connectivity index is 3.94. The van der Waals surface area contributed by atoms with E-state index in [0.29, 0.717) is 6.29 Å². The van der Waals surface area contributed by atoms with Crippen molar-refractivity contribution in [3.05, 3.63) is 12.2 Å². The van der Waals surface area contributed by atoms with E-state index in [9.17, 15) is 14.4 Å². The molecule has 0 aromatic rings. The summed E-state index contributed by atoms with van der Waals surface area (Å²) in [6.45, 7) is 2.46. The molecule has 0 radical (unpaired) electrons. The van der Waals surface area contributed by atoms with Gasteiger partial charge in [0.2, 0.25) is 0 Å². The molecule has 0 fully saturated rings. The summed E-state index contributed by atoms with van der Waals surface area (Å²) in [5.74, 6) is -2.55. The number of hydrogen-bond donors (Lipinski definition) is 1. The van der Waals surface area contributed by atoms with Gasteiger partial charge in [0.15, 0.2) is 6.29 Å². The van der Waals surface area contributed by atoms with Crippen molar-refractivity contribution in [2.75, 3.05) is 6.61 Å². The maximum Gasteiger partial charge on any atom is 0.345 e. The van der Waals surface area contributed by atoms with Gasteiger partial charge in [-0.05, 0) is 0 Å². The maximum absolute atomic E-state index is 10.5. The minimum absolute atomic E-state index is 0.340. The lowest BCUT2D eigenvalue weighted by atomic mass is 10.3. The van der Waals surface area contributed by atoms with Gasteiger partial charge < -0.3 is 9.84 Å². The molecule has 0 saturated heterocycles. The van der Waals surface area contributed by atoms with Crippen LogP contribution in [-0.4, -0.2) is 29.9 Å². The Morgan fingerprint density at radius 3 is 2.45 bits per heavy atom. The summed E-state index contributed by atoms with van der Waals surface area (Å²) in [6, 6.07) is 0. The molecule has 0 atom stereocenters. The molecule has 60 valence electrons. The average molecular weight is 158 g/mol. The third-order valence-corrected chi connectivity index (χ3v) is 0.787. The third-order valence-electron chi connectivity index (χ3n) is 0.787. The van der Waals surface area contributed by atoms with Crippen molar-refractivity contribution in [3.8, 4) is 0 Å². The average Bonchev–Trinajstić information content (AvgIpc) is 1.98. The van der Waals surface area contributed by atoms with Crippen molar-refractivity contribution in [2.45, 2.75) is 0 Å². The van der Waals surface area contributed by atoms with Crippen LogP contribution in [0.1, 0.15) is 0 Å². The minimum Gasteiger partial charge on any atom is -0.477 e. The lowest BCUT2D eigenvalue weighted by Gasteiger charge is -1.97. The number of carboxylic acid groups (broad SMARTS) is 1. The van der Waals surface area contributed by atoms with Gasteiger partial charge in [-0.2, -0.15) is 0 Å². The molecule has 5 nitrogen and oxygen atoms in total. The van der Waals surface area contributed by atoms with E-state index >= 15 is 0 Å². The van der Waals surface area contributed by atoms with E-state index in [1.165, 1.54) is 0 Å². The van der Waals surface area contributed by atoms with Crippen LogP contribution < -0.4 is 0 Å². The Morgan fingerprint density at radius 1 is 1.55 bits per heavy atom. The van der Waals surface area contributed by atoms with Crippen LogP contribution in [0.5, 0.6) is 0 Å². The number of esters is 1. The summed E-state index contributed by atoms with van der Waals surface area (Å²) in [7, 11) is 0. The van der Waals surface area contributed by atoms with Crippen LogP contribution >= 0.6 is 0 Å². The molecule has 0 saturated carbocycles. The largest absolute Gasteiger partial charge is 0.477 e. The molecule has 0 rings (SSSR count). The molecule has 0 unspecified atom stereocenters. The number of carboxylic acids is 1. The number of carbonyl (C=O) groups is 3. The highest BCUT2D eigenvalue weighted by molar-refractivity contribution is 6.12. The van der Waals surface area contributed by atoms with Crippen LogP contribution in [0, 0.1) is 0 Å². The molecule has 0 heterocycles. The summed E-state index contributed by atoms with van der Waals surface area (Å²) in [5.41, 5.74) is -0.688. The summed E-state index contributed by atoms with van der Waals surface area (Å²) >= 11 is 0. The molecule has 0 aromatic heterocycles. The zero-order valence-electron chi connectivity index (χ0n) is 5.57. The van der Waals surface area contributed by atoms with Gasteiger partial charge in [-0.1, -0.05) is 6.58 Å². The molecule has 5 heteroatoms. The van der Waals surface area contributed by atoms with Crippen LogP contribution in [0.2, 0.25) is 0 Å². The van der Waals surface area contributed by atoms with Gasteiger partial charge >= 0.3 is 11.9 Å². The Kier molecular flexibility index (Phi) is 3.58. The number of carbonyl (C=O) groups excluding carboxylic acids is 2. The normalized spacial score (nSPS) is 8.36. The number of hydrogen-bond acceptors (Lipinski definition) is 4. The molecule has 0 aliphatic carbocycles. The first-order valence-corrected chi connectivity index (χ1v) is 2.62. The summed E-state index contributed by atoms with van der Waals surface area (Å²) in [4.78, 5) is 30.1. The van der Waals surface area contributed by atoms with E-state index < -0.39 is 24.1 Å². The van der Waals surface area contributed by atoms with Gasteiger partial charge in [-0.15, -0.1) is 0 Å². The summed E-state index contributed by atoms with van der Waals surface area (Å²) in [6.07, 6.45) is 0.340. The zero-order chi connectivity index (χ0) is 8.85. The topological polar surface area (TPSA) is 80.7 Å². The number of aliphatic carboxylic acids is 1. The van der Waals surface area contributed by atoms with Crippen molar-refractivity contribution < 1.29 is 24.2 Å². The molecular weight excluding hydrogens is 152 g/mol. The second kappa shape index (κ2) is 4.21. The number of ether oxygens (including phenoxy) is 1. The fourth-order valence-corrected chi connectivity index (χ4v) is 0.284. The maximum atomic E-state index is 10.5. The van der Waals surface area contributed by atoms with Crippen molar-refractivity contribution in [3.63, 3.8) is 0 Å². The highest BCUT2D eigenvalue weighted by Gasteiger charge is 2.14. The van der Waals surface area contributed by atoms with Gasteiger partial charge in [0.05, 0.1) is 0 Å². The first-order chi connectivity index (χ1) is 5.09. The van der Waals surface area contributed by atoms with E-state index in [1.54, 1.807) is 0 Å². The van der Waals surface area contributed by atoms with Crippen molar-refractivity contribution in [2.24, 2.45) is 0 Å². The standard InChI is InChI=1S/C6H6O5/c1-4(5(8)9)6(10)11-3-2-7/h2H,1,3H2,(H,8,9). The third kappa shape index (κ3) is 3.14. The highest BCUT2D eigenvalue weighted by atomic mass is 16.5. The van der Waals surface area contributed by atoms with Crippen molar-refractivity contribution >= 4 is 18.2 Å². The lowest BCUT2D eigenvalue weighted by Crippen LogP contribution is -2.15. The van der Waals surface area contributed by atoms with Gasteiger partial charge in [-0.25, -0.2) is 9.59 Å². The Hall–Kier alpha value is -1.65. The predicted octanol–water partition coefficient (Wildman–Crippen LogP) is -0.631. The fraction of sp³-hybridized carbons (Fsp3) is 0.167. The molecule has 1 N–H and O–H groups in total. The van der Waals surface area contributed by atoms with E-state index in [2.05, 4.69) is 11.3 Å². The minimum atomic E-state index is -1.46. The Bertz CT molecular complexity index is 205. The van der Waals surface area contributed by atoms with Crippen LogP contribution in [0.3, 0.4) is 0 Å². The molecule has 0 bridgehead atoms. The molecular formula is C6H6O5. The smallest absolute Gasteiger partial charge is 0.345 e. The van der Waals surface area contributed by atoms with Crippen LogP contribution in [0.4, 0.5) is 0 Å². The zero-order valence-corrected chi connectivity index (χ0v) is 5.57. The highest BCUT2D eigenvalue weighted by Crippen LogP contribution is 1.92. The van der Waals surface area contributed by atoms with Crippen LogP contribution in [-0.2, 0) is 19.1 Å². The number of aldehydes is 1. The van der Waals surface area contributed by atoms with Gasteiger partial charge in [0, 0.05) is 0 Å². The van der Waals surface area contributed by atoms with Crippen LogP contribution in [0.25, 0.3) is 0 Å². The second-order valence-electron chi connectivity index (χ2n) is 1.55. The summed E-state index contributed by atoms with van der Waals surface area (Å²) in [5, 5.41) is 8.16. The van der Waals surface area contributed by atoms with Crippen molar-refractivity contribution in [1.29, 1.82) is 0 Å². The van der Waals surface area contributed by atoms with Gasteiger partial charge in [0.1, 0.15) is 12.2 Å². The monoisotopic (exact) mass is 158 g/mol. The SMILES string of the molecule is C=C(C(=O)O)C(=O)OCC=O. The Labute approximate surface area is 62.3 Å². The quantitative estimate of drug-likeness (QED) is 0.194. The molecule has 0 aliphatic rings. The first-order valence-electron chi connectivity index (χ1n) is 2.62. The first kappa shape index (κ1) is 9.35. The molecule has 11 heavy (non-hydrogen) atoms. The molecule has 0 aromatic carbocycles. The van der Waals surface area contributed by atoms with Gasteiger partial charge in [0.25, 0.3) is 0 Å². The van der Waals surface area contributed by atoms with Crippen molar-refractivity contribution in [1.82, 2.24) is 0 Å². The molecule has 0 amide bonds. The van der Waals surface area contributed by atoms with Crippen LogP contribution in [0.15, 0.2) is 12.2 Å². The second-order valence-corrected chi connectivity index (χ2v) is 1.55. The van der Waals surface area contributed by atoms with Gasteiger partial charge in [-0.3, -0.25) is 4.79 Å². The number of rotatable bonds is 4. The fourth-order valence-electron chi connectivity index (χ4n) is 0.284. The Morgan fingerprint density at radius 2 is 2.09 bits per heavy atom. The molecule has 0 aliphatic heterocycles. The predicted molar refractivity (Wildman–Crippen MR) is 33.8 cm³/mol. The lowest BCUT2D eigenvalue weighted by molar-refractivity contribution is -0.145. The summed E-state index contributed by atoms with van der Waals surface area (Å²) < 4.78 is 4.13. The van der Waals surface area contributed by atoms with E-state index in [-0.39, 0.29) is 0 Å². The van der Waals surface area contributed by atoms with E-state index in [0.717, 1.165) is 0 Å².